The van der Waals surface area contributed by atoms with E-state index in [1.807, 2.05) is 0 Å². The van der Waals surface area contributed by atoms with Crippen LogP contribution in [0.1, 0.15) is 0 Å². The molecule has 12 heavy (non-hydrogen) atoms. The molecule has 9 nitrogen and oxygen atoms in total. The number of hydrogen-bond acceptors (Lipinski definition) is 9. The predicted octanol–water partition coefficient (Wildman–Crippen LogP) is -4.27. The fraction of sp³-hybridized carbons (Fsp3) is 0.333. The molecule has 1 heterocycles. The maximum atomic E-state index is 5.50. The van der Waals surface area contributed by atoms with Crippen molar-refractivity contribution in [3.63, 3.8) is 0 Å². The molecular weight excluding hydrogens is 162 g/mol. The molecule has 12 N–H and O–H groups in total. The first kappa shape index (κ1) is 8.99. The van der Waals surface area contributed by atoms with Gasteiger partial charge in [-0.2, -0.15) is 5.12 Å². The normalized spacial score (nSPS) is 28.3. The van der Waals surface area contributed by atoms with E-state index in [9.17, 15) is 0 Å². The Hall–Kier alpha value is -1.10. The van der Waals surface area contributed by atoms with Crippen LogP contribution in [0.4, 0.5) is 0 Å². The van der Waals surface area contributed by atoms with Gasteiger partial charge in [0, 0.05) is 0 Å². The standard InChI is InChI=1S/C3H13N9/c4-1-2(5)10(7)12(9)11(8)3(1)6/h2H,4-9H2. The molecule has 1 unspecified atom stereocenters. The molecule has 70 valence electrons. The number of hydrogen-bond donors (Lipinski definition) is 6. The zero-order valence-corrected chi connectivity index (χ0v) is 6.38. The highest BCUT2D eigenvalue weighted by molar-refractivity contribution is 5.12. The van der Waals surface area contributed by atoms with Crippen LogP contribution in [-0.4, -0.2) is 21.6 Å². The van der Waals surface area contributed by atoms with Gasteiger partial charge in [-0.3, -0.25) is 5.84 Å². The lowest BCUT2D eigenvalue weighted by atomic mass is 10.3. The number of nitrogens with zero attached hydrogens (tertiary/aromatic N) is 3. The van der Waals surface area contributed by atoms with Gasteiger partial charge in [0.15, 0.2) is 5.82 Å². The van der Waals surface area contributed by atoms with Gasteiger partial charge in [-0.05, 0) is 0 Å². The highest BCUT2D eigenvalue weighted by Crippen LogP contribution is 2.09. The number of hydrazine groups is 5. The first-order valence-electron chi connectivity index (χ1n) is 3.11. The Bertz CT molecular complexity index is 188. The monoisotopic (exact) mass is 175 g/mol. The Labute approximate surface area is 68.9 Å². The molecule has 9 heteroatoms. The lowest BCUT2D eigenvalue weighted by molar-refractivity contribution is -0.204. The van der Waals surface area contributed by atoms with E-state index in [1.54, 1.807) is 0 Å². The Morgan fingerprint density at radius 2 is 1.58 bits per heavy atom. The Morgan fingerprint density at radius 1 is 1.08 bits per heavy atom. The van der Waals surface area contributed by atoms with Crippen LogP contribution in [0.5, 0.6) is 0 Å². The van der Waals surface area contributed by atoms with Crippen LogP contribution in [0.3, 0.4) is 0 Å². The van der Waals surface area contributed by atoms with Crippen LogP contribution in [0.15, 0.2) is 11.5 Å². The minimum Gasteiger partial charge on any atom is -0.397 e. The molecule has 0 bridgehead atoms. The van der Waals surface area contributed by atoms with Crippen molar-refractivity contribution >= 4 is 0 Å². The first-order chi connectivity index (χ1) is 5.46. The maximum Gasteiger partial charge on any atom is 0.155 e. The van der Waals surface area contributed by atoms with E-state index in [1.165, 1.54) is 0 Å². The van der Waals surface area contributed by atoms with Crippen molar-refractivity contribution in [1.29, 1.82) is 0 Å². The maximum absolute atomic E-state index is 5.50. The fourth-order valence-electron chi connectivity index (χ4n) is 0.775. The summed E-state index contributed by atoms with van der Waals surface area (Å²) < 4.78 is 0. The minimum atomic E-state index is -0.769. The van der Waals surface area contributed by atoms with Gasteiger partial charge in [0.2, 0.25) is 0 Å². The van der Waals surface area contributed by atoms with E-state index in [2.05, 4.69) is 0 Å². The molecule has 0 spiro atoms. The molecule has 0 aromatic heterocycles. The fourth-order valence-corrected chi connectivity index (χ4v) is 0.775. The second-order valence-corrected chi connectivity index (χ2v) is 2.33. The summed E-state index contributed by atoms with van der Waals surface area (Å²) in [6.45, 7) is 0. The topological polar surface area (TPSA) is 166 Å². The zero-order valence-electron chi connectivity index (χ0n) is 6.38. The van der Waals surface area contributed by atoms with Crippen molar-refractivity contribution in [3.05, 3.63) is 11.5 Å². The second-order valence-electron chi connectivity index (χ2n) is 2.33. The lowest BCUT2D eigenvalue weighted by Gasteiger charge is -2.41. The average molecular weight is 175 g/mol. The van der Waals surface area contributed by atoms with E-state index < -0.39 is 6.17 Å². The Balaban J connectivity index is 3.00. The summed E-state index contributed by atoms with van der Waals surface area (Å²) in [7, 11) is 0. The second kappa shape index (κ2) is 2.75. The molecule has 1 rings (SSSR count). The van der Waals surface area contributed by atoms with E-state index in [0.717, 1.165) is 15.5 Å². The summed E-state index contributed by atoms with van der Waals surface area (Å²) in [6, 6.07) is 0. The van der Waals surface area contributed by atoms with Crippen LogP contribution in [-0.2, 0) is 0 Å². The van der Waals surface area contributed by atoms with Crippen molar-refractivity contribution in [2.45, 2.75) is 6.17 Å². The first-order valence-corrected chi connectivity index (χ1v) is 3.11. The highest BCUT2D eigenvalue weighted by atomic mass is 16.1. The SMILES string of the molecule is NC1=C(N)N(N)N(N)N(N)C1N. The smallest absolute Gasteiger partial charge is 0.155 e. The number of rotatable bonds is 0. The van der Waals surface area contributed by atoms with Gasteiger partial charge in [-0.1, -0.05) is 5.23 Å². The summed E-state index contributed by atoms with van der Waals surface area (Å²) in [5.41, 5.74) is 16.6. The van der Waals surface area contributed by atoms with Crippen LogP contribution in [0.25, 0.3) is 0 Å². The summed E-state index contributed by atoms with van der Waals surface area (Å²) in [4.78, 5) is 0. The van der Waals surface area contributed by atoms with Crippen molar-refractivity contribution < 1.29 is 0 Å². The highest BCUT2D eigenvalue weighted by Gasteiger charge is 2.30. The van der Waals surface area contributed by atoms with Crippen LogP contribution in [0, 0.1) is 0 Å². The third-order valence-electron chi connectivity index (χ3n) is 1.60. The summed E-state index contributed by atoms with van der Waals surface area (Å²) in [6.07, 6.45) is -0.769. The van der Waals surface area contributed by atoms with E-state index in [4.69, 9.17) is 34.7 Å². The molecule has 0 fully saturated rings. The predicted molar refractivity (Wildman–Crippen MR) is 41.5 cm³/mol. The van der Waals surface area contributed by atoms with Crippen LogP contribution < -0.4 is 34.7 Å². The Kier molecular flexibility index (Phi) is 2.06. The van der Waals surface area contributed by atoms with Gasteiger partial charge in [-0.15, -0.1) is 5.12 Å². The van der Waals surface area contributed by atoms with Crippen LogP contribution in [0.2, 0.25) is 0 Å². The summed E-state index contributed by atoms with van der Waals surface area (Å²) >= 11 is 0. The lowest BCUT2D eigenvalue weighted by Crippen LogP contribution is -2.72. The van der Waals surface area contributed by atoms with Crippen molar-refractivity contribution in [2.75, 3.05) is 0 Å². The third-order valence-corrected chi connectivity index (χ3v) is 1.60. The van der Waals surface area contributed by atoms with Crippen molar-refractivity contribution in [2.24, 2.45) is 34.7 Å². The summed E-state index contributed by atoms with van der Waals surface area (Å²) in [5.74, 6) is 16.2. The van der Waals surface area contributed by atoms with E-state index >= 15 is 0 Å². The molecule has 0 saturated carbocycles. The average Bonchev–Trinajstić information content (AvgIpc) is 2.08. The largest absolute Gasteiger partial charge is 0.397 e. The molecule has 0 amide bonds. The molecule has 0 saturated heterocycles. The zero-order chi connectivity index (χ0) is 9.46. The number of nitrogens with two attached hydrogens (primary N) is 6. The third kappa shape index (κ3) is 1.06. The molecule has 1 atom stereocenters. The van der Waals surface area contributed by atoms with E-state index in [-0.39, 0.29) is 11.5 Å². The van der Waals surface area contributed by atoms with Gasteiger partial charge in [0.1, 0.15) is 6.17 Å². The molecule has 0 aromatic rings. The quantitative estimate of drug-likeness (QED) is 0.200. The van der Waals surface area contributed by atoms with Crippen molar-refractivity contribution in [3.8, 4) is 0 Å². The molecule has 1 aliphatic rings. The van der Waals surface area contributed by atoms with Crippen LogP contribution >= 0.6 is 0 Å². The van der Waals surface area contributed by atoms with Gasteiger partial charge >= 0.3 is 0 Å². The van der Waals surface area contributed by atoms with Gasteiger partial charge in [-0.25, -0.2) is 11.7 Å². The molecule has 1 aliphatic heterocycles. The van der Waals surface area contributed by atoms with Gasteiger partial charge < -0.3 is 17.2 Å². The minimum absolute atomic E-state index is 0.0756. The van der Waals surface area contributed by atoms with E-state index in [0.29, 0.717) is 0 Å². The molecule has 0 aromatic carbocycles. The van der Waals surface area contributed by atoms with Gasteiger partial charge in [0.25, 0.3) is 0 Å². The molecule has 0 radical (unpaired) electrons. The Morgan fingerprint density at radius 3 is 2.08 bits per heavy atom. The molecule has 0 aliphatic carbocycles. The molecular formula is C3H13N9. The van der Waals surface area contributed by atoms with Crippen molar-refractivity contribution in [1.82, 2.24) is 15.5 Å². The van der Waals surface area contributed by atoms with Gasteiger partial charge in [0.05, 0.1) is 5.70 Å². The summed E-state index contributed by atoms with van der Waals surface area (Å²) in [5, 5.41) is 2.70.